The molecule has 80 valence electrons. The predicted molar refractivity (Wildman–Crippen MR) is 64.3 cm³/mol. The molecule has 1 aliphatic rings. The second-order valence-electron chi connectivity index (χ2n) is 5.04. The zero-order valence-corrected chi connectivity index (χ0v) is 9.46. The van der Waals surface area contributed by atoms with Crippen LogP contribution in [0.1, 0.15) is 38.8 Å². The van der Waals surface area contributed by atoms with Gasteiger partial charge in [0.1, 0.15) is 0 Å². The molecule has 0 bridgehead atoms. The number of nitrogens with zero attached hydrogens (tertiary/aromatic N) is 1. The number of aromatic nitrogens is 1. The molecule has 0 aliphatic heterocycles. The molecule has 0 spiro atoms. The summed E-state index contributed by atoms with van der Waals surface area (Å²) in [6, 6.07) is 3.80. The molecule has 2 heteroatoms. The summed E-state index contributed by atoms with van der Waals surface area (Å²) in [5.41, 5.74) is 9.44. The minimum Gasteiger partial charge on any atom is -0.397 e. The number of rotatable bonds is 1. The maximum absolute atomic E-state index is 5.92. The highest BCUT2D eigenvalue weighted by molar-refractivity contribution is 5.72. The number of allylic oxidation sites excluding steroid dienone is 2. The summed E-state index contributed by atoms with van der Waals surface area (Å²) in [5, 5.41) is 0. The first-order valence-electron chi connectivity index (χ1n) is 5.48. The van der Waals surface area contributed by atoms with Crippen molar-refractivity contribution in [3.8, 4) is 0 Å². The molecular formula is C13H18N2. The maximum atomic E-state index is 5.92. The fraction of sp³-hybridized carbons (Fsp3) is 0.462. The Morgan fingerprint density at radius 2 is 2.20 bits per heavy atom. The van der Waals surface area contributed by atoms with E-state index in [2.05, 4.69) is 24.9 Å². The van der Waals surface area contributed by atoms with Crippen LogP contribution in [0.3, 0.4) is 0 Å². The molecule has 0 fully saturated rings. The van der Waals surface area contributed by atoms with E-state index in [0.717, 1.165) is 24.2 Å². The second kappa shape index (κ2) is 3.69. The first-order valence-corrected chi connectivity index (χ1v) is 5.48. The molecule has 1 aromatic rings. The lowest BCUT2D eigenvalue weighted by molar-refractivity contribution is 0.335. The molecule has 2 rings (SSSR count). The third-order valence-corrected chi connectivity index (χ3v) is 3.12. The standard InChI is InChI=1S/C13H18N2/c1-13(2)7-5-10(6-8-13)12-11(14)4-3-9-15-12/h3-5,9H,6-8,14H2,1-2H3. The minimum absolute atomic E-state index is 0.438. The van der Waals surface area contributed by atoms with Crippen LogP contribution in [-0.4, -0.2) is 4.98 Å². The van der Waals surface area contributed by atoms with Gasteiger partial charge in [0.25, 0.3) is 0 Å². The van der Waals surface area contributed by atoms with E-state index in [-0.39, 0.29) is 0 Å². The van der Waals surface area contributed by atoms with E-state index in [1.54, 1.807) is 0 Å². The molecule has 0 atom stereocenters. The first-order chi connectivity index (χ1) is 7.08. The molecule has 2 N–H and O–H groups in total. The molecule has 1 aromatic heterocycles. The van der Waals surface area contributed by atoms with E-state index >= 15 is 0 Å². The lowest BCUT2D eigenvalue weighted by Crippen LogP contribution is -2.14. The smallest absolute Gasteiger partial charge is 0.0887 e. The van der Waals surface area contributed by atoms with E-state index in [0.29, 0.717) is 5.41 Å². The van der Waals surface area contributed by atoms with Gasteiger partial charge in [0, 0.05) is 6.20 Å². The van der Waals surface area contributed by atoms with Gasteiger partial charge in [-0.15, -0.1) is 0 Å². The van der Waals surface area contributed by atoms with Crippen LogP contribution in [-0.2, 0) is 0 Å². The van der Waals surface area contributed by atoms with E-state index in [1.807, 2.05) is 18.3 Å². The predicted octanol–water partition coefficient (Wildman–Crippen LogP) is 3.26. The van der Waals surface area contributed by atoms with E-state index in [4.69, 9.17) is 5.73 Å². The van der Waals surface area contributed by atoms with Crippen LogP contribution in [0.4, 0.5) is 5.69 Å². The van der Waals surface area contributed by atoms with Gasteiger partial charge in [-0.3, -0.25) is 4.98 Å². The Morgan fingerprint density at radius 1 is 1.40 bits per heavy atom. The van der Waals surface area contributed by atoms with Gasteiger partial charge in [-0.05, 0) is 42.4 Å². The van der Waals surface area contributed by atoms with Crippen molar-refractivity contribution in [2.24, 2.45) is 5.41 Å². The van der Waals surface area contributed by atoms with Crippen LogP contribution in [0.15, 0.2) is 24.4 Å². The number of hydrogen-bond acceptors (Lipinski definition) is 2. The van der Waals surface area contributed by atoms with Crippen LogP contribution in [0.2, 0.25) is 0 Å². The maximum Gasteiger partial charge on any atom is 0.0887 e. The van der Waals surface area contributed by atoms with E-state index < -0.39 is 0 Å². The van der Waals surface area contributed by atoms with Crippen LogP contribution >= 0.6 is 0 Å². The largest absolute Gasteiger partial charge is 0.397 e. The zero-order chi connectivity index (χ0) is 10.9. The van der Waals surface area contributed by atoms with Crippen molar-refractivity contribution in [2.45, 2.75) is 33.1 Å². The van der Waals surface area contributed by atoms with E-state index in [1.165, 1.54) is 12.0 Å². The topological polar surface area (TPSA) is 38.9 Å². The molecule has 0 aromatic carbocycles. The number of nitrogen functional groups attached to an aromatic ring is 1. The summed E-state index contributed by atoms with van der Waals surface area (Å²) in [5.74, 6) is 0. The summed E-state index contributed by atoms with van der Waals surface area (Å²) in [6.07, 6.45) is 7.54. The number of anilines is 1. The fourth-order valence-corrected chi connectivity index (χ4v) is 1.98. The normalized spacial score (nSPS) is 19.7. The van der Waals surface area contributed by atoms with Gasteiger partial charge in [-0.25, -0.2) is 0 Å². The highest BCUT2D eigenvalue weighted by atomic mass is 14.7. The Morgan fingerprint density at radius 3 is 2.80 bits per heavy atom. The lowest BCUT2D eigenvalue weighted by Gasteiger charge is -2.28. The molecular weight excluding hydrogens is 184 g/mol. The SMILES string of the molecule is CC1(C)CC=C(c2ncccc2N)CC1. The van der Waals surface area contributed by atoms with Crippen molar-refractivity contribution in [1.29, 1.82) is 0 Å². The quantitative estimate of drug-likeness (QED) is 0.759. The molecule has 0 radical (unpaired) electrons. The molecule has 2 nitrogen and oxygen atoms in total. The summed E-state index contributed by atoms with van der Waals surface area (Å²) in [6.45, 7) is 4.62. The van der Waals surface area contributed by atoms with Crippen LogP contribution in [0.5, 0.6) is 0 Å². The molecule has 0 saturated carbocycles. The molecule has 0 amide bonds. The fourth-order valence-electron chi connectivity index (χ4n) is 1.98. The first kappa shape index (κ1) is 10.2. The van der Waals surface area contributed by atoms with Gasteiger partial charge in [0.05, 0.1) is 11.4 Å². The molecule has 0 unspecified atom stereocenters. The van der Waals surface area contributed by atoms with Crippen molar-refractivity contribution < 1.29 is 0 Å². The highest BCUT2D eigenvalue weighted by Gasteiger charge is 2.22. The zero-order valence-electron chi connectivity index (χ0n) is 9.46. The number of hydrogen-bond donors (Lipinski definition) is 1. The Bertz CT molecular complexity index is 391. The Kier molecular flexibility index (Phi) is 2.51. The van der Waals surface area contributed by atoms with E-state index in [9.17, 15) is 0 Å². The highest BCUT2D eigenvalue weighted by Crippen LogP contribution is 2.38. The number of pyridine rings is 1. The van der Waals surface area contributed by atoms with Crippen molar-refractivity contribution in [3.05, 3.63) is 30.1 Å². The van der Waals surface area contributed by atoms with Gasteiger partial charge in [0.2, 0.25) is 0 Å². The Hall–Kier alpha value is -1.31. The number of nitrogens with two attached hydrogens (primary N) is 1. The Labute approximate surface area is 91.2 Å². The van der Waals surface area contributed by atoms with Crippen molar-refractivity contribution in [3.63, 3.8) is 0 Å². The van der Waals surface area contributed by atoms with Crippen molar-refractivity contribution >= 4 is 11.3 Å². The van der Waals surface area contributed by atoms with Crippen LogP contribution in [0.25, 0.3) is 5.57 Å². The molecule has 0 saturated heterocycles. The summed E-state index contributed by atoms with van der Waals surface area (Å²) >= 11 is 0. The van der Waals surface area contributed by atoms with Crippen molar-refractivity contribution in [2.75, 3.05) is 5.73 Å². The van der Waals surface area contributed by atoms with Gasteiger partial charge >= 0.3 is 0 Å². The van der Waals surface area contributed by atoms with Crippen molar-refractivity contribution in [1.82, 2.24) is 4.98 Å². The van der Waals surface area contributed by atoms with Gasteiger partial charge in [-0.2, -0.15) is 0 Å². The third-order valence-electron chi connectivity index (χ3n) is 3.12. The molecule has 15 heavy (non-hydrogen) atoms. The Balaban J connectivity index is 2.27. The minimum atomic E-state index is 0.438. The van der Waals surface area contributed by atoms with Crippen LogP contribution in [0, 0.1) is 5.41 Å². The van der Waals surface area contributed by atoms with Crippen LogP contribution < -0.4 is 5.73 Å². The third kappa shape index (κ3) is 2.20. The molecule has 1 heterocycles. The summed E-state index contributed by atoms with van der Waals surface area (Å²) in [7, 11) is 0. The summed E-state index contributed by atoms with van der Waals surface area (Å²) < 4.78 is 0. The van der Waals surface area contributed by atoms with Gasteiger partial charge in [0.15, 0.2) is 0 Å². The second-order valence-corrected chi connectivity index (χ2v) is 5.04. The van der Waals surface area contributed by atoms with Gasteiger partial charge < -0.3 is 5.73 Å². The lowest BCUT2D eigenvalue weighted by atomic mass is 9.77. The summed E-state index contributed by atoms with van der Waals surface area (Å²) in [4.78, 5) is 4.36. The monoisotopic (exact) mass is 202 g/mol. The molecule has 1 aliphatic carbocycles. The van der Waals surface area contributed by atoms with Gasteiger partial charge in [-0.1, -0.05) is 19.9 Å². The average Bonchev–Trinajstić information content (AvgIpc) is 2.19. The average molecular weight is 202 g/mol.